The van der Waals surface area contributed by atoms with Crippen LogP contribution in [0.4, 0.5) is 4.39 Å². The maximum Gasteiger partial charge on any atom is 0.338 e. The first-order chi connectivity index (χ1) is 18.7. The zero-order valence-corrected chi connectivity index (χ0v) is 23.1. The minimum atomic E-state index is -0.832. The Morgan fingerprint density at radius 3 is 2.31 bits per heavy atom. The number of thiazole rings is 1. The number of benzene rings is 3. The minimum Gasteiger partial charge on any atom is -0.463 e. The monoisotopic (exact) mass is 540 g/mol. The molecule has 1 aliphatic rings. The molecule has 4 aromatic rings. The molecule has 0 amide bonds. The van der Waals surface area contributed by atoms with Crippen LogP contribution in [0.1, 0.15) is 56.0 Å². The number of ether oxygens (including phenoxy) is 1. The number of halogens is 1. The van der Waals surface area contributed by atoms with Crippen molar-refractivity contribution in [3.05, 3.63) is 132 Å². The number of fused-ring (bicyclic) bond motifs is 1. The number of carbonyl (C=O) groups is 1. The van der Waals surface area contributed by atoms with Crippen LogP contribution >= 0.6 is 11.3 Å². The average molecular weight is 541 g/mol. The Hall–Kier alpha value is -4.10. The molecule has 1 aromatic heterocycles. The highest BCUT2D eigenvalue weighted by Crippen LogP contribution is 2.35. The van der Waals surface area contributed by atoms with E-state index in [-0.39, 0.29) is 23.2 Å². The molecular formula is C32H29FN2O3S. The molecule has 0 aliphatic carbocycles. The smallest absolute Gasteiger partial charge is 0.338 e. The van der Waals surface area contributed by atoms with Crippen molar-refractivity contribution in [1.82, 2.24) is 4.57 Å². The Morgan fingerprint density at radius 2 is 1.69 bits per heavy atom. The maximum atomic E-state index is 13.9. The second-order valence-corrected chi connectivity index (χ2v) is 11.4. The van der Waals surface area contributed by atoms with E-state index >= 15 is 0 Å². The minimum absolute atomic E-state index is 0.0182. The van der Waals surface area contributed by atoms with Crippen LogP contribution in [0.2, 0.25) is 0 Å². The largest absolute Gasteiger partial charge is 0.463 e. The van der Waals surface area contributed by atoms with E-state index in [0.717, 1.165) is 11.1 Å². The Kier molecular flexibility index (Phi) is 7.19. The average Bonchev–Trinajstić information content (AvgIpc) is 3.23. The summed E-state index contributed by atoms with van der Waals surface area (Å²) in [6, 6.07) is 22.5. The Morgan fingerprint density at radius 1 is 1.03 bits per heavy atom. The van der Waals surface area contributed by atoms with Crippen LogP contribution in [0.25, 0.3) is 11.8 Å². The summed E-state index contributed by atoms with van der Waals surface area (Å²) in [4.78, 5) is 32.6. The predicted molar refractivity (Wildman–Crippen MR) is 153 cm³/mol. The number of hydrogen-bond acceptors (Lipinski definition) is 5. The van der Waals surface area contributed by atoms with Crippen molar-refractivity contribution in [2.45, 2.75) is 39.2 Å². The van der Waals surface area contributed by atoms with Crippen molar-refractivity contribution >= 4 is 29.1 Å². The molecule has 5 rings (SSSR count). The lowest BCUT2D eigenvalue weighted by Crippen LogP contribution is -2.40. The fourth-order valence-corrected chi connectivity index (χ4v) is 5.63. The topological polar surface area (TPSA) is 60.7 Å². The lowest BCUT2D eigenvalue weighted by molar-refractivity contribution is -0.138. The normalized spacial score (nSPS) is 15.6. The summed E-state index contributed by atoms with van der Waals surface area (Å²) < 4.78 is 21.4. The highest BCUT2D eigenvalue weighted by atomic mass is 32.1. The van der Waals surface area contributed by atoms with E-state index in [9.17, 15) is 14.0 Å². The molecule has 0 fully saturated rings. The van der Waals surface area contributed by atoms with E-state index in [1.807, 2.05) is 48.5 Å². The van der Waals surface area contributed by atoms with Crippen LogP contribution in [0.15, 0.2) is 94.2 Å². The molecule has 7 heteroatoms. The number of esters is 1. The van der Waals surface area contributed by atoms with Crippen molar-refractivity contribution in [2.24, 2.45) is 4.99 Å². The van der Waals surface area contributed by atoms with Crippen molar-refractivity contribution < 1.29 is 13.9 Å². The Balaban J connectivity index is 1.76. The number of hydrogen-bond donors (Lipinski definition) is 0. The molecule has 2 heterocycles. The third-order valence-corrected chi connectivity index (χ3v) is 7.62. The van der Waals surface area contributed by atoms with Crippen LogP contribution in [-0.2, 0) is 14.9 Å². The van der Waals surface area contributed by atoms with Crippen molar-refractivity contribution in [1.29, 1.82) is 0 Å². The van der Waals surface area contributed by atoms with E-state index in [1.165, 1.54) is 33.6 Å². The number of aromatic nitrogens is 1. The van der Waals surface area contributed by atoms with Gasteiger partial charge in [0.15, 0.2) is 4.80 Å². The molecule has 198 valence electrons. The first kappa shape index (κ1) is 26.5. The van der Waals surface area contributed by atoms with Crippen LogP contribution in [0.5, 0.6) is 0 Å². The number of carbonyl (C=O) groups excluding carboxylic acids is 1. The SMILES string of the molecule is CCOC(=O)C1=C(c2ccccc2)N=c2s/c(=C\c3ccc(C(C)(C)C)cc3)c(=O)n2[C@@H]1c1ccc(F)cc1. The van der Waals surface area contributed by atoms with Gasteiger partial charge in [0.2, 0.25) is 0 Å². The van der Waals surface area contributed by atoms with Crippen molar-refractivity contribution in [2.75, 3.05) is 6.61 Å². The molecule has 0 N–H and O–H groups in total. The zero-order valence-electron chi connectivity index (χ0n) is 22.3. The van der Waals surface area contributed by atoms with Gasteiger partial charge in [-0.15, -0.1) is 0 Å². The summed E-state index contributed by atoms with van der Waals surface area (Å²) in [5.41, 5.74) is 3.82. The van der Waals surface area contributed by atoms with Crippen molar-refractivity contribution in [3.63, 3.8) is 0 Å². The van der Waals surface area contributed by atoms with Crippen LogP contribution in [0.3, 0.4) is 0 Å². The fraction of sp³-hybridized carbons (Fsp3) is 0.219. The summed E-state index contributed by atoms with van der Waals surface area (Å²) in [7, 11) is 0. The molecule has 0 saturated carbocycles. The van der Waals surface area contributed by atoms with Gasteiger partial charge >= 0.3 is 5.97 Å². The first-order valence-electron chi connectivity index (χ1n) is 12.8. The summed E-state index contributed by atoms with van der Waals surface area (Å²) in [5, 5.41) is 0. The molecule has 0 unspecified atom stereocenters. The van der Waals surface area contributed by atoms with Gasteiger partial charge in [0.25, 0.3) is 5.56 Å². The van der Waals surface area contributed by atoms with Gasteiger partial charge in [-0.3, -0.25) is 9.36 Å². The molecular weight excluding hydrogens is 511 g/mol. The van der Waals surface area contributed by atoms with E-state index in [0.29, 0.717) is 20.6 Å². The summed E-state index contributed by atoms with van der Waals surface area (Å²) in [5.74, 6) is -0.976. The van der Waals surface area contributed by atoms with Crippen LogP contribution in [-0.4, -0.2) is 17.1 Å². The molecule has 1 aliphatic heterocycles. The fourth-order valence-electron chi connectivity index (χ4n) is 4.63. The number of nitrogens with zero attached hydrogens (tertiary/aromatic N) is 2. The van der Waals surface area contributed by atoms with Gasteiger partial charge in [-0.2, -0.15) is 0 Å². The van der Waals surface area contributed by atoms with Crippen LogP contribution in [0, 0.1) is 5.82 Å². The second-order valence-electron chi connectivity index (χ2n) is 10.4. The van der Waals surface area contributed by atoms with E-state index < -0.39 is 17.8 Å². The molecule has 0 radical (unpaired) electrons. The van der Waals surface area contributed by atoms with Crippen LogP contribution < -0.4 is 14.9 Å². The van der Waals surface area contributed by atoms with E-state index in [2.05, 4.69) is 32.9 Å². The molecule has 5 nitrogen and oxygen atoms in total. The van der Waals surface area contributed by atoms with Gasteiger partial charge in [-0.1, -0.05) is 98.8 Å². The first-order valence-corrected chi connectivity index (χ1v) is 13.6. The third-order valence-electron chi connectivity index (χ3n) is 6.63. The van der Waals surface area contributed by atoms with Gasteiger partial charge in [0.05, 0.1) is 28.5 Å². The summed E-state index contributed by atoms with van der Waals surface area (Å²) in [6.07, 6.45) is 1.84. The van der Waals surface area contributed by atoms with E-state index in [4.69, 9.17) is 9.73 Å². The van der Waals surface area contributed by atoms with Gasteiger partial charge in [0.1, 0.15) is 5.82 Å². The van der Waals surface area contributed by atoms with Gasteiger partial charge < -0.3 is 4.74 Å². The lowest BCUT2D eigenvalue weighted by atomic mass is 9.87. The number of rotatable bonds is 5. The maximum absolute atomic E-state index is 13.9. The summed E-state index contributed by atoms with van der Waals surface area (Å²) in [6.45, 7) is 8.35. The van der Waals surface area contributed by atoms with Gasteiger partial charge in [-0.25, -0.2) is 14.2 Å². The van der Waals surface area contributed by atoms with Gasteiger partial charge in [-0.05, 0) is 47.2 Å². The zero-order chi connectivity index (χ0) is 27.7. The molecule has 0 saturated heterocycles. The summed E-state index contributed by atoms with van der Waals surface area (Å²) >= 11 is 1.26. The molecule has 1 atom stereocenters. The van der Waals surface area contributed by atoms with E-state index in [1.54, 1.807) is 19.1 Å². The van der Waals surface area contributed by atoms with Crippen molar-refractivity contribution in [3.8, 4) is 0 Å². The Labute approximate surface area is 230 Å². The predicted octanol–water partition coefficient (Wildman–Crippen LogP) is 5.37. The quantitative estimate of drug-likeness (QED) is 0.320. The standard InChI is InChI=1S/C32H29FN2O3S/c1-5-38-30(37)26-27(21-9-7-6-8-10-21)34-31-35(28(26)22-13-17-24(33)18-14-22)29(36)25(39-31)19-20-11-15-23(16-12-20)32(2,3)4/h6-19,28H,5H2,1-4H3/b25-19-/t28-/m1/s1. The molecule has 39 heavy (non-hydrogen) atoms. The molecule has 0 bridgehead atoms. The van der Waals surface area contributed by atoms with Gasteiger partial charge in [0, 0.05) is 5.56 Å². The molecule has 0 spiro atoms. The highest BCUT2D eigenvalue weighted by Gasteiger charge is 2.35. The molecule has 3 aromatic carbocycles. The Bertz CT molecular complexity index is 1730. The third kappa shape index (κ3) is 5.27. The lowest BCUT2D eigenvalue weighted by Gasteiger charge is -2.25. The highest BCUT2D eigenvalue weighted by molar-refractivity contribution is 7.07. The second kappa shape index (κ2) is 10.6.